The van der Waals surface area contributed by atoms with Gasteiger partial charge in [-0.15, -0.1) is 0 Å². The normalized spacial score (nSPS) is 19.7. The van der Waals surface area contributed by atoms with Gasteiger partial charge in [-0.1, -0.05) is 47.5 Å². The molecule has 0 unspecified atom stereocenters. The summed E-state index contributed by atoms with van der Waals surface area (Å²) in [7, 11) is -2.94. The summed E-state index contributed by atoms with van der Waals surface area (Å²) in [6.07, 6.45) is 0.670. The lowest BCUT2D eigenvalue weighted by Gasteiger charge is -2.28. The standard InChI is InChI=1S/C18H19Cl2NO2S/c19-16-5-1-3-14(9-16)11-21(18-7-8-24(22,23)13-18)12-15-4-2-6-17(20)10-15/h1-6,9-10,18H,7-8,11-13H2/t18-/m1/s1. The largest absolute Gasteiger partial charge is 0.291 e. The minimum absolute atomic E-state index is 0.0213. The fourth-order valence-corrected chi connectivity index (χ4v) is 5.30. The molecular formula is C18H19Cl2NO2S. The number of sulfone groups is 1. The molecule has 1 fully saturated rings. The van der Waals surface area contributed by atoms with Gasteiger partial charge in [-0.05, 0) is 41.8 Å². The summed E-state index contributed by atoms with van der Waals surface area (Å²) in [6, 6.07) is 15.4. The fraction of sp³-hybridized carbons (Fsp3) is 0.333. The predicted octanol–water partition coefficient (Wildman–Crippen LogP) is 4.18. The van der Waals surface area contributed by atoms with Gasteiger partial charge in [0.15, 0.2) is 9.84 Å². The second-order valence-electron chi connectivity index (χ2n) is 6.22. The van der Waals surface area contributed by atoms with Crippen LogP contribution in [0.5, 0.6) is 0 Å². The zero-order valence-corrected chi connectivity index (χ0v) is 15.5. The Hall–Kier alpha value is -1.07. The Balaban J connectivity index is 1.83. The van der Waals surface area contributed by atoms with Crippen LogP contribution in [0.3, 0.4) is 0 Å². The molecule has 24 heavy (non-hydrogen) atoms. The van der Waals surface area contributed by atoms with E-state index in [9.17, 15) is 8.42 Å². The van der Waals surface area contributed by atoms with Crippen LogP contribution in [0, 0.1) is 0 Å². The maximum atomic E-state index is 11.9. The van der Waals surface area contributed by atoms with E-state index in [-0.39, 0.29) is 17.5 Å². The number of hydrogen-bond donors (Lipinski definition) is 0. The van der Waals surface area contributed by atoms with Crippen LogP contribution in [-0.4, -0.2) is 30.9 Å². The Kier molecular flexibility index (Phi) is 5.50. The summed E-state index contributed by atoms with van der Waals surface area (Å²) in [6.45, 7) is 1.32. The summed E-state index contributed by atoms with van der Waals surface area (Å²) in [5.41, 5.74) is 2.16. The van der Waals surface area contributed by atoms with Crippen molar-refractivity contribution in [3.05, 3.63) is 69.7 Å². The van der Waals surface area contributed by atoms with Crippen LogP contribution >= 0.6 is 23.2 Å². The quantitative estimate of drug-likeness (QED) is 0.776. The number of halogens is 2. The number of nitrogens with zero attached hydrogens (tertiary/aromatic N) is 1. The first-order valence-corrected chi connectivity index (χ1v) is 10.4. The van der Waals surface area contributed by atoms with E-state index in [0.717, 1.165) is 11.1 Å². The van der Waals surface area contributed by atoms with Crippen LogP contribution in [-0.2, 0) is 22.9 Å². The van der Waals surface area contributed by atoms with E-state index in [1.807, 2.05) is 48.5 Å². The lowest BCUT2D eigenvalue weighted by Crippen LogP contribution is -2.35. The van der Waals surface area contributed by atoms with Crippen LogP contribution < -0.4 is 0 Å². The molecule has 1 aliphatic heterocycles. The van der Waals surface area contributed by atoms with E-state index in [2.05, 4.69) is 4.90 Å². The molecule has 0 bridgehead atoms. The first-order valence-electron chi connectivity index (χ1n) is 7.85. The molecule has 6 heteroatoms. The minimum atomic E-state index is -2.94. The third-order valence-corrected chi connectivity index (χ3v) is 6.49. The molecular weight excluding hydrogens is 365 g/mol. The zero-order chi connectivity index (χ0) is 17.2. The highest BCUT2D eigenvalue weighted by Crippen LogP contribution is 2.24. The van der Waals surface area contributed by atoms with Gasteiger partial charge in [0, 0.05) is 29.2 Å². The van der Waals surface area contributed by atoms with Gasteiger partial charge in [0.1, 0.15) is 0 Å². The number of hydrogen-bond acceptors (Lipinski definition) is 3. The zero-order valence-electron chi connectivity index (χ0n) is 13.2. The predicted molar refractivity (Wildman–Crippen MR) is 99.2 cm³/mol. The van der Waals surface area contributed by atoms with Gasteiger partial charge in [0.2, 0.25) is 0 Å². The van der Waals surface area contributed by atoms with Crippen molar-refractivity contribution in [2.75, 3.05) is 11.5 Å². The van der Waals surface area contributed by atoms with Gasteiger partial charge in [0.05, 0.1) is 11.5 Å². The molecule has 0 aromatic heterocycles. The van der Waals surface area contributed by atoms with Gasteiger partial charge in [0.25, 0.3) is 0 Å². The van der Waals surface area contributed by atoms with E-state index >= 15 is 0 Å². The van der Waals surface area contributed by atoms with E-state index in [1.165, 1.54) is 0 Å². The van der Waals surface area contributed by atoms with Crippen molar-refractivity contribution in [2.45, 2.75) is 25.6 Å². The molecule has 1 aliphatic rings. The van der Waals surface area contributed by atoms with E-state index in [0.29, 0.717) is 29.6 Å². The van der Waals surface area contributed by atoms with Crippen LogP contribution in [0.15, 0.2) is 48.5 Å². The Labute approximate surface area is 153 Å². The van der Waals surface area contributed by atoms with Crippen molar-refractivity contribution in [3.8, 4) is 0 Å². The summed E-state index contributed by atoms with van der Waals surface area (Å²) in [4.78, 5) is 2.21. The second kappa shape index (κ2) is 7.44. The third kappa shape index (κ3) is 4.73. The molecule has 1 atom stereocenters. The first-order chi connectivity index (χ1) is 11.4. The molecule has 2 aromatic carbocycles. The highest BCUT2D eigenvalue weighted by molar-refractivity contribution is 7.91. The van der Waals surface area contributed by atoms with Gasteiger partial charge < -0.3 is 0 Å². The van der Waals surface area contributed by atoms with Gasteiger partial charge in [-0.2, -0.15) is 0 Å². The molecule has 0 saturated carbocycles. The molecule has 0 amide bonds. The average molecular weight is 384 g/mol. The molecule has 0 aliphatic carbocycles. The molecule has 0 spiro atoms. The molecule has 3 nitrogen and oxygen atoms in total. The third-order valence-electron chi connectivity index (χ3n) is 4.27. The van der Waals surface area contributed by atoms with Crippen LogP contribution in [0.4, 0.5) is 0 Å². The molecule has 0 radical (unpaired) electrons. The van der Waals surface area contributed by atoms with E-state index in [4.69, 9.17) is 23.2 Å². The van der Waals surface area contributed by atoms with Gasteiger partial charge in [-0.3, -0.25) is 4.90 Å². The summed E-state index contributed by atoms with van der Waals surface area (Å²) >= 11 is 12.2. The molecule has 128 valence electrons. The highest BCUT2D eigenvalue weighted by Gasteiger charge is 2.32. The summed E-state index contributed by atoms with van der Waals surface area (Å²) in [5, 5.41) is 1.38. The van der Waals surface area contributed by atoms with Crippen molar-refractivity contribution in [1.29, 1.82) is 0 Å². The second-order valence-corrected chi connectivity index (χ2v) is 9.32. The SMILES string of the molecule is O=S1(=O)CC[C@@H](N(Cc2cccc(Cl)c2)Cc2cccc(Cl)c2)C1. The molecule has 1 heterocycles. The van der Waals surface area contributed by atoms with Crippen molar-refractivity contribution >= 4 is 33.0 Å². The summed E-state index contributed by atoms with van der Waals surface area (Å²) in [5.74, 6) is 0.480. The average Bonchev–Trinajstić information content (AvgIpc) is 2.87. The van der Waals surface area contributed by atoms with Gasteiger partial charge in [-0.25, -0.2) is 8.42 Å². The lowest BCUT2D eigenvalue weighted by atomic mass is 10.1. The van der Waals surface area contributed by atoms with E-state index in [1.54, 1.807) is 0 Å². The highest BCUT2D eigenvalue weighted by atomic mass is 35.5. The van der Waals surface area contributed by atoms with Crippen LogP contribution in [0.2, 0.25) is 10.0 Å². The lowest BCUT2D eigenvalue weighted by molar-refractivity contribution is 0.194. The Morgan fingerprint density at radius 2 is 1.50 bits per heavy atom. The maximum Gasteiger partial charge on any atom is 0.151 e. The van der Waals surface area contributed by atoms with Crippen molar-refractivity contribution in [1.82, 2.24) is 4.90 Å². The minimum Gasteiger partial charge on any atom is -0.291 e. The number of benzene rings is 2. The van der Waals surface area contributed by atoms with Crippen LogP contribution in [0.25, 0.3) is 0 Å². The Morgan fingerprint density at radius 1 is 0.958 bits per heavy atom. The van der Waals surface area contributed by atoms with Crippen molar-refractivity contribution < 1.29 is 8.42 Å². The summed E-state index contributed by atoms with van der Waals surface area (Å²) < 4.78 is 23.8. The molecule has 2 aromatic rings. The van der Waals surface area contributed by atoms with Crippen molar-refractivity contribution in [2.24, 2.45) is 0 Å². The fourth-order valence-electron chi connectivity index (χ4n) is 3.12. The van der Waals surface area contributed by atoms with Gasteiger partial charge >= 0.3 is 0 Å². The first kappa shape index (κ1) is 17.7. The van der Waals surface area contributed by atoms with Crippen molar-refractivity contribution in [3.63, 3.8) is 0 Å². The number of rotatable bonds is 5. The van der Waals surface area contributed by atoms with Crippen LogP contribution in [0.1, 0.15) is 17.5 Å². The van der Waals surface area contributed by atoms with E-state index < -0.39 is 9.84 Å². The molecule has 3 rings (SSSR count). The molecule has 0 N–H and O–H groups in total. The Morgan fingerprint density at radius 3 is 1.92 bits per heavy atom. The monoisotopic (exact) mass is 383 g/mol. The Bertz CT molecular complexity index is 776. The smallest absolute Gasteiger partial charge is 0.151 e. The maximum absolute atomic E-state index is 11.9. The molecule has 1 saturated heterocycles. The topological polar surface area (TPSA) is 37.4 Å².